The maximum Gasteiger partial charge on any atom is 0.338 e. The molecular weight excluding hydrogens is 432 g/mol. The SMILES string of the molecule is CCC(C)C(=O)OCCOCC(O)COC(=O)c1ccc2c(=O)c3ccccc3sc2c1. The monoisotopic (exact) mass is 458 g/mol. The number of hydrogen-bond donors (Lipinski definition) is 1. The minimum absolute atomic E-state index is 0.0561. The first-order valence-corrected chi connectivity index (χ1v) is 11.3. The van der Waals surface area contributed by atoms with Gasteiger partial charge in [0.05, 0.1) is 24.7 Å². The van der Waals surface area contributed by atoms with Crippen LogP contribution in [0.5, 0.6) is 0 Å². The van der Waals surface area contributed by atoms with Crippen molar-refractivity contribution in [1.29, 1.82) is 0 Å². The highest BCUT2D eigenvalue weighted by molar-refractivity contribution is 7.24. The molecule has 1 aromatic heterocycles. The van der Waals surface area contributed by atoms with E-state index in [0.29, 0.717) is 27.5 Å². The molecule has 8 heteroatoms. The van der Waals surface area contributed by atoms with Crippen LogP contribution >= 0.6 is 11.3 Å². The van der Waals surface area contributed by atoms with Gasteiger partial charge in [0.15, 0.2) is 5.43 Å². The standard InChI is InChI=1S/C24H26O7S/c1-3-15(2)23(27)30-11-10-29-13-17(25)14-31-24(28)16-8-9-19-21(12-16)32-20-7-5-4-6-18(20)22(19)26/h4-9,12,15,17,25H,3,10-11,13-14H2,1-2H3. The molecule has 170 valence electrons. The van der Waals surface area contributed by atoms with Crippen molar-refractivity contribution in [2.24, 2.45) is 5.92 Å². The maximum atomic E-state index is 12.6. The average molecular weight is 459 g/mol. The van der Waals surface area contributed by atoms with Gasteiger partial charge in [-0.2, -0.15) is 0 Å². The van der Waals surface area contributed by atoms with Crippen molar-refractivity contribution in [1.82, 2.24) is 0 Å². The molecule has 7 nitrogen and oxygen atoms in total. The molecule has 0 radical (unpaired) electrons. The normalized spacial score (nSPS) is 13.1. The Morgan fingerprint density at radius 3 is 2.53 bits per heavy atom. The molecule has 0 aliphatic carbocycles. The molecule has 2 aromatic carbocycles. The lowest BCUT2D eigenvalue weighted by molar-refractivity contribution is -0.149. The van der Waals surface area contributed by atoms with Gasteiger partial charge in [-0.3, -0.25) is 9.59 Å². The van der Waals surface area contributed by atoms with Gasteiger partial charge in [0.25, 0.3) is 0 Å². The van der Waals surface area contributed by atoms with E-state index in [9.17, 15) is 19.5 Å². The first kappa shape index (κ1) is 23.8. The Morgan fingerprint density at radius 2 is 1.75 bits per heavy atom. The predicted molar refractivity (Wildman–Crippen MR) is 123 cm³/mol. The number of ether oxygens (including phenoxy) is 3. The predicted octanol–water partition coefficient (Wildman–Crippen LogP) is 3.54. The minimum Gasteiger partial charge on any atom is -0.463 e. The van der Waals surface area contributed by atoms with Crippen molar-refractivity contribution in [2.75, 3.05) is 26.4 Å². The highest BCUT2D eigenvalue weighted by Gasteiger charge is 2.15. The summed E-state index contributed by atoms with van der Waals surface area (Å²) < 4.78 is 17.0. The van der Waals surface area contributed by atoms with E-state index < -0.39 is 12.1 Å². The Balaban J connectivity index is 1.50. The third-order valence-corrected chi connectivity index (χ3v) is 6.15. The number of aliphatic hydroxyl groups is 1. The van der Waals surface area contributed by atoms with Crippen LogP contribution in [0.15, 0.2) is 47.3 Å². The van der Waals surface area contributed by atoms with E-state index >= 15 is 0 Å². The number of aliphatic hydroxyl groups excluding tert-OH is 1. The van der Waals surface area contributed by atoms with Crippen LogP contribution in [-0.2, 0) is 19.0 Å². The Labute approximate surface area is 189 Å². The molecule has 0 saturated carbocycles. The first-order valence-electron chi connectivity index (χ1n) is 10.5. The van der Waals surface area contributed by atoms with Gasteiger partial charge in [0.1, 0.15) is 19.3 Å². The summed E-state index contributed by atoms with van der Waals surface area (Å²) >= 11 is 1.43. The van der Waals surface area contributed by atoms with Gasteiger partial charge >= 0.3 is 11.9 Å². The molecule has 2 unspecified atom stereocenters. The topological polar surface area (TPSA) is 99.1 Å². The highest BCUT2D eigenvalue weighted by Crippen LogP contribution is 2.25. The third-order valence-electron chi connectivity index (χ3n) is 5.02. The van der Waals surface area contributed by atoms with Crippen molar-refractivity contribution in [3.63, 3.8) is 0 Å². The summed E-state index contributed by atoms with van der Waals surface area (Å²) in [7, 11) is 0. The van der Waals surface area contributed by atoms with E-state index in [2.05, 4.69) is 0 Å². The van der Waals surface area contributed by atoms with Crippen LogP contribution < -0.4 is 5.43 Å². The zero-order valence-corrected chi connectivity index (χ0v) is 18.9. The van der Waals surface area contributed by atoms with Crippen molar-refractivity contribution in [3.05, 3.63) is 58.3 Å². The van der Waals surface area contributed by atoms with E-state index in [1.54, 1.807) is 31.2 Å². The lowest BCUT2D eigenvalue weighted by Crippen LogP contribution is -2.25. The van der Waals surface area contributed by atoms with Crippen LogP contribution in [0, 0.1) is 5.92 Å². The Bertz CT molecular complexity index is 1150. The van der Waals surface area contributed by atoms with Gasteiger partial charge < -0.3 is 19.3 Å². The molecule has 0 fully saturated rings. The Hall–Kier alpha value is -2.81. The second-order valence-electron chi connectivity index (χ2n) is 7.44. The maximum absolute atomic E-state index is 12.6. The molecule has 0 aliphatic rings. The molecule has 1 heterocycles. The van der Waals surface area contributed by atoms with Crippen LogP contribution in [0.25, 0.3) is 20.2 Å². The van der Waals surface area contributed by atoms with E-state index in [1.165, 1.54) is 11.3 Å². The second-order valence-corrected chi connectivity index (χ2v) is 8.53. The van der Waals surface area contributed by atoms with Gasteiger partial charge in [0, 0.05) is 20.2 Å². The molecule has 0 spiro atoms. The van der Waals surface area contributed by atoms with Gasteiger partial charge in [-0.15, -0.1) is 11.3 Å². The largest absolute Gasteiger partial charge is 0.463 e. The molecule has 1 N–H and O–H groups in total. The van der Waals surface area contributed by atoms with Gasteiger partial charge in [-0.05, 0) is 36.8 Å². The third kappa shape index (κ3) is 5.91. The molecule has 32 heavy (non-hydrogen) atoms. The number of benzene rings is 2. The Kier molecular flexibility index (Phi) is 8.33. The number of carbonyl (C=O) groups excluding carboxylic acids is 2. The summed E-state index contributed by atoms with van der Waals surface area (Å²) in [6.45, 7) is 3.65. The zero-order chi connectivity index (χ0) is 23.1. The van der Waals surface area contributed by atoms with Crippen molar-refractivity contribution in [2.45, 2.75) is 26.4 Å². The molecule has 3 rings (SSSR count). The number of rotatable bonds is 10. The van der Waals surface area contributed by atoms with Crippen LogP contribution in [0.3, 0.4) is 0 Å². The summed E-state index contributed by atoms with van der Waals surface area (Å²) in [5, 5.41) is 11.2. The van der Waals surface area contributed by atoms with E-state index in [0.717, 1.165) is 4.70 Å². The molecule has 0 bridgehead atoms. The summed E-state index contributed by atoms with van der Waals surface area (Å²) in [5.74, 6) is -1.03. The fourth-order valence-corrected chi connectivity index (χ4v) is 4.07. The van der Waals surface area contributed by atoms with Gasteiger partial charge in [-0.1, -0.05) is 26.0 Å². The number of fused-ring (bicyclic) bond motifs is 2. The fourth-order valence-electron chi connectivity index (χ4n) is 2.96. The Morgan fingerprint density at radius 1 is 1.00 bits per heavy atom. The molecular formula is C24H26O7S. The minimum atomic E-state index is -1.01. The summed E-state index contributed by atoms with van der Waals surface area (Å²) in [4.78, 5) is 36.6. The number of carbonyl (C=O) groups is 2. The fraction of sp³-hybridized carbons (Fsp3) is 0.375. The average Bonchev–Trinajstić information content (AvgIpc) is 2.81. The van der Waals surface area contributed by atoms with Crippen molar-refractivity contribution < 1.29 is 28.9 Å². The van der Waals surface area contributed by atoms with Crippen molar-refractivity contribution in [3.8, 4) is 0 Å². The quantitative estimate of drug-likeness (QED) is 0.282. The molecule has 3 aromatic rings. The van der Waals surface area contributed by atoms with E-state index in [-0.39, 0.29) is 43.7 Å². The number of esters is 2. The molecule has 0 aliphatic heterocycles. The van der Waals surface area contributed by atoms with E-state index in [4.69, 9.17) is 14.2 Å². The van der Waals surface area contributed by atoms with Crippen LogP contribution in [0.2, 0.25) is 0 Å². The van der Waals surface area contributed by atoms with Crippen LogP contribution in [-0.4, -0.2) is 49.6 Å². The smallest absolute Gasteiger partial charge is 0.338 e. The lowest BCUT2D eigenvalue weighted by Gasteiger charge is -2.13. The van der Waals surface area contributed by atoms with Crippen LogP contribution in [0.4, 0.5) is 0 Å². The lowest BCUT2D eigenvalue weighted by atomic mass is 10.1. The summed E-state index contributed by atoms with van der Waals surface area (Å²) in [6, 6.07) is 12.1. The molecule has 0 amide bonds. The second kappa shape index (κ2) is 11.2. The zero-order valence-electron chi connectivity index (χ0n) is 18.0. The summed E-state index contributed by atoms with van der Waals surface area (Å²) in [6.07, 6.45) is -0.305. The van der Waals surface area contributed by atoms with Gasteiger partial charge in [0.2, 0.25) is 0 Å². The molecule has 0 saturated heterocycles. The summed E-state index contributed by atoms with van der Waals surface area (Å²) in [5.41, 5.74) is 0.227. The molecule has 2 atom stereocenters. The van der Waals surface area contributed by atoms with Crippen molar-refractivity contribution >= 4 is 43.4 Å². The van der Waals surface area contributed by atoms with Crippen LogP contribution in [0.1, 0.15) is 30.6 Å². The van der Waals surface area contributed by atoms with Gasteiger partial charge in [-0.25, -0.2) is 4.79 Å². The number of hydrogen-bond acceptors (Lipinski definition) is 8. The highest BCUT2D eigenvalue weighted by atomic mass is 32.1. The first-order chi connectivity index (χ1) is 15.4. The van der Waals surface area contributed by atoms with E-state index in [1.807, 2.05) is 25.1 Å².